The van der Waals surface area contributed by atoms with Gasteiger partial charge in [-0.25, -0.2) is 0 Å². The van der Waals surface area contributed by atoms with Crippen LogP contribution in [-0.2, 0) is 14.3 Å². The summed E-state index contributed by atoms with van der Waals surface area (Å²) >= 11 is 3.39. The fourth-order valence-corrected chi connectivity index (χ4v) is 2.38. The van der Waals surface area contributed by atoms with Crippen molar-refractivity contribution in [3.05, 3.63) is 34.3 Å². The van der Waals surface area contributed by atoms with Crippen molar-refractivity contribution >= 4 is 27.7 Å². The molecule has 2 atom stereocenters. The Morgan fingerprint density at radius 3 is 2.70 bits per heavy atom. The summed E-state index contributed by atoms with van der Waals surface area (Å²) in [7, 11) is 0. The van der Waals surface area contributed by atoms with Crippen molar-refractivity contribution in [2.75, 3.05) is 19.8 Å². The molecule has 0 radical (unpaired) electrons. The number of carbonyl (C=O) groups excluding carboxylic acids is 2. The number of benzene rings is 1. The van der Waals surface area contributed by atoms with Gasteiger partial charge in [-0.05, 0) is 30.0 Å². The molecule has 1 aromatic carbocycles. The lowest BCUT2D eigenvalue weighted by Crippen LogP contribution is -2.30. The van der Waals surface area contributed by atoms with E-state index >= 15 is 0 Å². The first-order valence-corrected chi connectivity index (χ1v) is 7.26. The molecule has 20 heavy (non-hydrogen) atoms. The Kier molecular flexibility index (Phi) is 5.14. The van der Waals surface area contributed by atoms with Crippen LogP contribution in [0, 0.1) is 5.92 Å². The highest BCUT2D eigenvalue weighted by Gasteiger charge is 2.43. The van der Waals surface area contributed by atoms with Crippen LogP contribution in [0.1, 0.15) is 17.9 Å². The van der Waals surface area contributed by atoms with E-state index in [0.29, 0.717) is 19.1 Å². The molecule has 1 aliphatic rings. The normalized spacial score (nSPS) is 20.4. The van der Waals surface area contributed by atoms with E-state index < -0.39 is 5.91 Å². The van der Waals surface area contributed by atoms with Crippen LogP contribution < -0.4 is 11.1 Å². The Morgan fingerprint density at radius 1 is 1.35 bits per heavy atom. The summed E-state index contributed by atoms with van der Waals surface area (Å²) in [6, 6.07) is 8.05. The molecular formula is C14H17BrN2O3. The van der Waals surface area contributed by atoms with Crippen LogP contribution >= 0.6 is 15.9 Å². The zero-order chi connectivity index (χ0) is 14.5. The van der Waals surface area contributed by atoms with Gasteiger partial charge in [0.25, 0.3) is 0 Å². The summed E-state index contributed by atoms with van der Waals surface area (Å²) < 4.78 is 6.01. The van der Waals surface area contributed by atoms with Gasteiger partial charge >= 0.3 is 0 Å². The van der Waals surface area contributed by atoms with E-state index in [1.54, 1.807) is 0 Å². The maximum atomic E-state index is 11.9. The second kappa shape index (κ2) is 6.85. The molecule has 5 nitrogen and oxygen atoms in total. The maximum Gasteiger partial charge on any atom is 0.243 e. The molecule has 1 fully saturated rings. The molecule has 0 heterocycles. The molecule has 1 aliphatic carbocycles. The van der Waals surface area contributed by atoms with Crippen LogP contribution in [0.25, 0.3) is 0 Å². The maximum absolute atomic E-state index is 11.9. The molecular weight excluding hydrogens is 324 g/mol. The second-order valence-corrected chi connectivity index (χ2v) is 5.73. The fraction of sp³-hybridized carbons (Fsp3) is 0.429. The standard InChI is InChI=1S/C14H17BrN2O3/c15-10-3-1-9(2-4-10)11-7-12(11)14(19)17-5-6-20-8-13(16)18/h1-4,11-12H,5-8H2,(H2,16,18)(H,17,19)/t11-,12+/m1/s1. The van der Waals surface area contributed by atoms with Crippen molar-refractivity contribution in [1.29, 1.82) is 0 Å². The first kappa shape index (κ1) is 15.0. The highest BCUT2D eigenvalue weighted by molar-refractivity contribution is 9.10. The average molecular weight is 341 g/mol. The summed E-state index contributed by atoms with van der Waals surface area (Å²) in [5, 5.41) is 2.80. The van der Waals surface area contributed by atoms with E-state index in [-0.39, 0.29) is 18.4 Å². The van der Waals surface area contributed by atoms with Crippen LogP contribution in [0.3, 0.4) is 0 Å². The third-order valence-corrected chi connectivity index (χ3v) is 3.74. The molecule has 0 saturated heterocycles. The lowest BCUT2D eigenvalue weighted by Gasteiger charge is -2.05. The van der Waals surface area contributed by atoms with Crippen molar-refractivity contribution in [2.24, 2.45) is 11.7 Å². The van der Waals surface area contributed by atoms with Gasteiger partial charge in [0.15, 0.2) is 0 Å². The van der Waals surface area contributed by atoms with Gasteiger partial charge in [-0.15, -0.1) is 0 Å². The van der Waals surface area contributed by atoms with Crippen LogP contribution in [0.2, 0.25) is 0 Å². The summed E-state index contributed by atoms with van der Waals surface area (Å²) in [5.74, 6) is -0.101. The zero-order valence-corrected chi connectivity index (χ0v) is 12.6. The van der Waals surface area contributed by atoms with Crippen LogP contribution in [-0.4, -0.2) is 31.6 Å². The average Bonchev–Trinajstić information content (AvgIpc) is 3.19. The van der Waals surface area contributed by atoms with E-state index in [1.807, 2.05) is 24.3 Å². The molecule has 1 saturated carbocycles. The number of ether oxygens (including phenoxy) is 1. The number of halogens is 1. The number of amides is 2. The number of hydrogen-bond acceptors (Lipinski definition) is 3. The van der Waals surface area contributed by atoms with Crippen molar-refractivity contribution in [1.82, 2.24) is 5.32 Å². The van der Waals surface area contributed by atoms with Gasteiger partial charge in [0, 0.05) is 16.9 Å². The molecule has 0 unspecified atom stereocenters. The van der Waals surface area contributed by atoms with Gasteiger partial charge in [0.1, 0.15) is 6.61 Å². The molecule has 1 aromatic rings. The van der Waals surface area contributed by atoms with E-state index in [4.69, 9.17) is 10.5 Å². The minimum absolute atomic E-state index is 0.0422. The molecule has 2 rings (SSSR count). The summed E-state index contributed by atoms with van der Waals surface area (Å²) in [6.45, 7) is 0.584. The monoisotopic (exact) mass is 340 g/mol. The molecule has 0 aromatic heterocycles. The minimum atomic E-state index is -0.506. The quantitative estimate of drug-likeness (QED) is 0.731. The van der Waals surface area contributed by atoms with Crippen molar-refractivity contribution < 1.29 is 14.3 Å². The van der Waals surface area contributed by atoms with Gasteiger partial charge in [-0.2, -0.15) is 0 Å². The predicted octanol–water partition coefficient (Wildman–Crippen LogP) is 1.17. The molecule has 6 heteroatoms. The fourth-order valence-electron chi connectivity index (χ4n) is 2.11. The molecule has 3 N–H and O–H groups in total. The van der Waals surface area contributed by atoms with Crippen LogP contribution in [0.15, 0.2) is 28.7 Å². The molecule has 108 valence electrons. The van der Waals surface area contributed by atoms with Crippen LogP contribution in [0.5, 0.6) is 0 Å². The third kappa shape index (κ3) is 4.31. The molecule has 0 spiro atoms. The van der Waals surface area contributed by atoms with Crippen LogP contribution in [0.4, 0.5) is 0 Å². The Bertz CT molecular complexity index is 490. The Labute approximate surface area is 126 Å². The van der Waals surface area contributed by atoms with Gasteiger partial charge < -0.3 is 15.8 Å². The van der Waals surface area contributed by atoms with Gasteiger partial charge in [-0.1, -0.05) is 28.1 Å². The smallest absolute Gasteiger partial charge is 0.243 e. The lowest BCUT2D eigenvalue weighted by molar-refractivity contribution is -0.123. The number of carbonyl (C=O) groups is 2. The molecule has 0 aliphatic heterocycles. The summed E-state index contributed by atoms with van der Waals surface area (Å²) in [5.41, 5.74) is 6.12. The Morgan fingerprint density at radius 2 is 2.05 bits per heavy atom. The zero-order valence-electron chi connectivity index (χ0n) is 11.0. The van der Waals surface area contributed by atoms with Crippen molar-refractivity contribution in [2.45, 2.75) is 12.3 Å². The SMILES string of the molecule is NC(=O)COCCNC(=O)[C@H]1C[C@@H]1c1ccc(Br)cc1. The first-order chi connectivity index (χ1) is 9.58. The molecule has 0 bridgehead atoms. The van der Waals surface area contributed by atoms with Gasteiger partial charge in [0.05, 0.1) is 6.61 Å². The summed E-state index contributed by atoms with van der Waals surface area (Å²) in [4.78, 5) is 22.3. The minimum Gasteiger partial charge on any atom is -0.370 e. The van der Waals surface area contributed by atoms with E-state index in [2.05, 4.69) is 21.2 Å². The Balaban J connectivity index is 1.68. The molecule has 2 amide bonds. The summed E-state index contributed by atoms with van der Waals surface area (Å²) in [6.07, 6.45) is 0.885. The predicted molar refractivity (Wildman–Crippen MR) is 78.0 cm³/mol. The lowest BCUT2D eigenvalue weighted by atomic mass is 10.1. The number of nitrogens with one attached hydrogen (secondary N) is 1. The van der Waals surface area contributed by atoms with Gasteiger partial charge in [0.2, 0.25) is 11.8 Å². The number of rotatable bonds is 7. The highest BCUT2D eigenvalue weighted by atomic mass is 79.9. The Hall–Kier alpha value is -1.40. The van der Waals surface area contributed by atoms with Gasteiger partial charge in [-0.3, -0.25) is 9.59 Å². The van der Waals surface area contributed by atoms with E-state index in [9.17, 15) is 9.59 Å². The number of hydrogen-bond donors (Lipinski definition) is 2. The topological polar surface area (TPSA) is 81.4 Å². The van der Waals surface area contributed by atoms with E-state index in [0.717, 1.165) is 10.9 Å². The largest absolute Gasteiger partial charge is 0.370 e. The highest BCUT2D eigenvalue weighted by Crippen LogP contribution is 2.47. The van der Waals surface area contributed by atoms with Crippen molar-refractivity contribution in [3.63, 3.8) is 0 Å². The number of nitrogens with two attached hydrogens (primary N) is 1. The van der Waals surface area contributed by atoms with E-state index in [1.165, 1.54) is 5.56 Å². The first-order valence-electron chi connectivity index (χ1n) is 6.47. The van der Waals surface area contributed by atoms with Crippen molar-refractivity contribution in [3.8, 4) is 0 Å². The third-order valence-electron chi connectivity index (χ3n) is 3.22. The second-order valence-electron chi connectivity index (χ2n) is 4.81. The number of primary amides is 1.